The van der Waals surface area contributed by atoms with Crippen LogP contribution in [0.2, 0.25) is 0 Å². The summed E-state index contributed by atoms with van der Waals surface area (Å²) in [6, 6.07) is -0.545. The molecular weight excluding hydrogens is 731 g/mol. The maximum atomic E-state index is 12.4. The van der Waals surface area contributed by atoms with E-state index in [0.29, 0.717) is 25.9 Å². The lowest BCUT2D eigenvalue weighted by atomic mass is 10.0. The van der Waals surface area contributed by atoms with Crippen LogP contribution in [-0.2, 0) is 14.3 Å². The number of unbranched alkanes of at least 4 members (excludes halogenated alkanes) is 33. The van der Waals surface area contributed by atoms with E-state index in [4.69, 9.17) is 4.74 Å². The van der Waals surface area contributed by atoms with Crippen molar-refractivity contribution in [3.05, 3.63) is 24.3 Å². The van der Waals surface area contributed by atoms with Crippen molar-refractivity contribution >= 4 is 11.9 Å². The number of ether oxygens (including phenoxy) is 1. The molecule has 1 amide bonds. The molecule has 2 unspecified atom stereocenters. The topological polar surface area (TPSA) is 95.9 Å². The van der Waals surface area contributed by atoms with E-state index in [1.165, 1.54) is 199 Å². The highest BCUT2D eigenvalue weighted by atomic mass is 16.5. The Bertz CT molecular complexity index is 920. The van der Waals surface area contributed by atoms with Gasteiger partial charge in [0.05, 0.1) is 25.4 Å². The Balaban J connectivity index is 3.42. The van der Waals surface area contributed by atoms with Gasteiger partial charge in [-0.1, -0.05) is 218 Å². The Morgan fingerprint density at radius 2 is 0.814 bits per heavy atom. The summed E-state index contributed by atoms with van der Waals surface area (Å²) in [7, 11) is 0. The SMILES string of the molecule is CCCC/C=C\CCCCCCCC(=O)OCCCCCCCCCCCC/C=C\CCCCCCCCCC(=O)NC(CO)C(O)CCCCCCCCCCCC. The van der Waals surface area contributed by atoms with Crippen LogP contribution < -0.4 is 5.32 Å². The maximum Gasteiger partial charge on any atom is 0.305 e. The van der Waals surface area contributed by atoms with Crippen molar-refractivity contribution in [2.75, 3.05) is 13.2 Å². The zero-order valence-electron chi connectivity index (χ0n) is 39.5. The van der Waals surface area contributed by atoms with Crippen LogP contribution in [0.1, 0.15) is 277 Å². The largest absolute Gasteiger partial charge is 0.466 e. The molecule has 0 aliphatic carbocycles. The van der Waals surface area contributed by atoms with E-state index in [-0.39, 0.29) is 18.5 Å². The molecule has 0 bridgehead atoms. The molecule has 0 radical (unpaired) electrons. The van der Waals surface area contributed by atoms with Gasteiger partial charge in [0.1, 0.15) is 0 Å². The van der Waals surface area contributed by atoms with Gasteiger partial charge in [-0.05, 0) is 70.6 Å². The van der Waals surface area contributed by atoms with Crippen LogP contribution in [-0.4, -0.2) is 47.4 Å². The molecule has 0 aromatic heterocycles. The quantitative estimate of drug-likeness (QED) is 0.0322. The molecule has 59 heavy (non-hydrogen) atoms. The third-order valence-electron chi connectivity index (χ3n) is 12.0. The number of esters is 1. The normalized spacial score (nSPS) is 12.8. The van der Waals surface area contributed by atoms with E-state index in [1.807, 2.05) is 0 Å². The predicted molar refractivity (Wildman–Crippen MR) is 255 cm³/mol. The van der Waals surface area contributed by atoms with Gasteiger partial charge < -0.3 is 20.3 Å². The van der Waals surface area contributed by atoms with Crippen molar-refractivity contribution in [1.29, 1.82) is 0 Å². The van der Waals surface area contributed by atoms with Crippen LogP contribution in [0.5, 0.6) is 0 Å². The highest BCUT2D eigenvalue weighted by Gasteiger charge is 2.20. The monoisotopic (exact) mass is 832 g/mol. The van der Waals surface area contributed by atoms with Crippen molar-refractivity contribution in [3.8, 4) is 0 Å². The molecule has 0 fully saturated rings. The van der Waals surface area contributed by atoms with Crippen molar-refractivity contribution in [1.82, 2.24) is 5.32 Å². The Labute approximate surface area is 367 Å². The minimum absolute atomic E-state index is 0.00335. The molecule has 0 saturated carbocycles. The van der Waals surface area contributed by atoms with Crippen LogP contribution >= 0.6 is 0 Å². The molecular formula is C53H101NO5. The first-order valence-electron chi connectivity index (χ1n) is 26.1. The first kappa shape index (κ1) is 57.3. The lowest BCUT2D eigenvalue weighted by molar-refractivity contribution is -0.143. The molecule has 0 rings (SSSR count). The first-order chi connectivity index (χ1) is 29.0. The molecule has 6 nitrogen and oxygen atoms in total. The fourth-order valence-corrected chi connectivity index (χ4v) is 7.91. The molecule has 0 aliphatic rings. The van der Waals surface area contributed by atoms with Crippen molar-refractivity contribution in [2.45, 2.75) is 289 Å². The summed E-state index contributed by atoms with van der Waals surface area (Å²) in [5, 5.41) is 23.1. The Morgan fingerprint density at radius 1 is 0.458 bits per heavy atom. The standard InChI is InChI=1S/C53H101NO5/c1-3-5-7-9-11-13-26-31-35-39-43-47-53(58)59-48-44-40-36-32-28-25-23-21-19-17-15-16-18-20-22-24-27-30-34-38-42-46-52(57)54-50(49-55)51(56)45-41-37-33-29-14-12-10-8-6-4-2/h9,11,16,18,50-51,55-56H,3-8,10,12-15,17,19-49H2,1-2H3,(H,54,57)/b11-9-,18-16-. The van der Waals surface area contributed by atoms with Gasteiger partial charge in [-0.3, -0.25) is 9.59 Å². The summed E-state index contributed by atoms with van der Waals surface area (Å²) in [4.78, 5) is 24.4. The highest BCUT2D eigenvalue weighted by Crippen LogP contribution is 2.16. The fourth-order valence-electron chi connectivity index (χ4n) is 7.91. The van der Waals surface area contributed by atoms with Gasteiger partial charge in [0.25, 0.3) is 0 Å². The van der Waals surface area contributed by atoms with Crippen LogP contribution in [0.15, 0.2) is 24.3 Å². The van der Waals surface area contributed by atoms with Gasteiger partial charge in [0.15, 0.2) is 0 Å². The summed E-state index contributed by atoms with van der Waals surface area (Å²) >= 11 is 0. The molecule has 0 aromatic carbocycles. The number of nitrogens with one attached hydrogen (secondary N) is 1. The average molecular weight is 832 g/mol. The van der Waals surface area contributed by atoms with Gasteiger partial charge in [-0.2, -0.15) is 0 Å². The number of carbonyl (C=O) groups excluding carboxylic acids is 2. The minimum Gasteiger partial charge on any atom is -0.466 e. The molecule has 0 spiro atoms. The smallest absolute Gasteiger partial charge is 0.305 e. The Hall–Kier alpha value is -1.66. The van der Waals surface area contributed by atoms with E-state index in [9.17, 15) is 19.8 Å². The van der Waals surface area contributed by atoms with Gasteiger partial charge in [0.2, 0.25) is 5.91 Å². The minimum atomic E-state index is -0.667. The van der Waals surface area contributed by atoms with Gasteiger partial charge >= 0.3 is 5.97 Å². The lowest BCUT2D eigenvalue weighted by Crippen LogP contribution is -2.45. The predicted octanol–water partition coefficient (Wildman–Crippen LogP) is 15.5. The summed E-state index contributed by atoms with van der Waals surface area (Å²) in [5.74, 6) is -0.0482. The number of aliphatic hydroxyl groups is 2. The summed E-state index contributed by atoms with van der Waals surface area (Å²) in [5.41, 5.74) is 0. The Kier molecular flexibility index (Phi) is 47.6. The molecule has 348 valence electrons. The number of allylic oxidation sites excluding steroid dienone is 4. The zero-order valence-corrected chi connectivity index (χ0v) is 39.5. The zero-order chi connectivity index (χ0) is 43.0. The Morgan fingerprint density at radius 3 is 1.25 bits per heavy atom. The van der Waals surface area contributed by atoms with E-state index in [2.05, 4.69) is 43.5 Å². The number of hydrogen-bond donors (Lipinski definition) is 3. The van der Waals surface area contributed by atoms with Gasteiger partial charge in [0, 0.05) is 12.8 Å². The molecule has 6 heteroatoms. The number of carbonyl (C=O) groups is 2. The van der Waals surface area contributed by atoms with Crippen LogP contribution in [0.4, 0.5) is 0 Å². The molecule has 2 atom stereocenters. The van der Waals surface area contributed by atoms with Crippen molar-refractivity contribution in [3.63, 3.8) is 0 Å². The number of hydrogen-bond acceptors (Lipinski definition) is 5. The van der Waals surface area contributed by atoms with E-state index < -0.39 is 12.1 Å². The number of amides is 1. The van der Waals surface area contributed by atoms with E-state index in [1.54, 1.807) is 0 Å². The van der Waals surface area contributed by atoms with Crippen molar-refractivity contribution in [2.24, 2.45) is 0 Å². The summed E-state index contributed by atoms with van der Waals surface area (Å²) in [6.45, 7) is 4.89. The molecule has 0 aliphatic heterocycles. The van der Waals surface area contributed by atoms with Gasteiger partial charge in [-0.15, -0.1) is 0 Å². The summed E-state index contributed by atoms with van der Waals surface area (Å²) < 4.78 is 5.44. The van der Waals surface area contributed by atoms with Gasteiger partial charge in [-0.25, -0.2) is 0 Å². The van der Waals surface area contributed by atoms with Crippen molar-refractivity contribution < 1.29 is 24.5 Å². The maximum absolute atomic E-state index is 12.4. The summed E-state index contributed by atoms with van der Waals surface area (Å²) in [6.07, 6.45) is 57.3. The first-order valence-corrected chi connectivity index (χ1v) is 26.1. The fraction of sp³-hybridized carbons (Fsp3) is 0.887. The van der Waals surface area contributed by atoms with Crippen LogP contribution in [0.25, 0.3) is 0 Å². The average Bonchev–Trinajstić information content (AvgIpc) is 3.24. The second kappa shape index (κ2) is 49.0. The van der Waals surface area contributed by atoms with Crippen LogP contribution in [0, 0.1) is 0 Å². The second-order valence-corrected chi connectivity index (χ2v) is 17.8. The number of aliphatic hydroxyl groups excluding tert-OH is 2. The molecule has 0 aromatic rings. The van der Waals surface area contributed by atoms with E-state index >= 15 is 0 Å². The lowest BCUT2D eigenvalue weighted by Gasteiger charge is -2.22. The number of rotatable bonds is 48. The highest BCUT2D eigenvalue weighted by molar-refractivity contribution is 5.76. The third-order valence-corrected chi connectivity index (χ3v) is 12.0. The van der Waals surface area contributed by atoms with E-state index in [0.717, 1.165) is 44.9 Å². The second-order valence-electron chi connectivity index (χ2n) is 17.8. The molecule has 0 heterocycles. The molecule has 0 saturated heterocycles. The molecule has 3 N–H and O–H groups in total. The third kappa shape index (κ3) is 45.7. The van der Waals surface area contributed by atoms with Crippen LogP contribution in [0.3, 0.4) is 0 Å².